The average Bonchev–Trinajstić information content (AvgIpc) is 2.37. The first-order valence-electron chi connectivity index (χ1n) is 5.56. The first-order chi connectivity index (χ1) is 8.28. The van der Waals surface area contributed by atoms with E-state index in [2.05, 4.69) is 22.4 Å². The Morgan fingerprint density at radius 3 is 2.88 bits per heavy atom. The predicted octanol–water partition coefficient (Wildman–Crippen LogP) is 3.01. The number of nitrogens with zero attached hydrogens (tertiary/aromatic N) is 1. The molecule has 0 aliphatic rings. The van der Waals surface area contributed by atoms with Crippen molar-refractivity contribution in [3.05, 3.63) is 53.9 Å². The van der Waals surface area contributed by atoms with Gasteiger partial charge in [0.05, 0.1) is 12.8 Å². The van der Waals surface area contributed by atoms with Gasteiger partial charge < -0.3 is 10.1 Å². The van der Waals surface area contributed by atoms with Crippen LogP contribution in [0.5, 0.6) is 5.75 Å². The van der Waals surface area contributed by atoms with Gasteiger partial charge in [0.2, 0.25) is 0 Å². The third kappa shape index (κ3) is 3.21. The molecule has 1 heterocycles. The molecule has 0 amide bonds. The van der Waals surface area contributed by atoms with Gasteiger partial charge in [0.15, 0.2) is 0 Å². The zero-order valence-corrected chi connectivity index (χ0v) is 10.1. The van der Waals surface area contributed by atoms with Crippen LogP contribution >= 0.6 is 0 Å². The molecule has 2 rings (SSSR count). The van der Waals surface area contributed by atoms with Gasteiger partial charge in [-0.05, 0) is 36.2 Å². The van der Waals surface area contributed by atoms with E-state index in [0.29, 0.717) is 0 Å². The van der Waals surface area contributed by atoms with E-state index in [1.165, 1.54) is 5.56 Å². The number of ether oxygens (including phenoxy) is 1. The lowest BCUT2D eigenvalue weighted by Crippen LogP contribution is -2.00. The van der Waals surface area contributed by atoms with Crippen LogP contribution < -0.4 is 10.1 Å². The smallest absolute Gasteiger partial charge is 0.119 e. The summed E-state index contributed by atoms with van der Waals surface area (Å²) in [5.74, 6) is 0.881. The number of hydrogen-bond donors (Lipinski definition) is 1. The van der Waals surface area contributed by atoms with Gasteiger partial charge in [0, 0.05) is 18.9 Å². The Hall–Kier alpha value is -2.03. The van der Waals surface area contributed by atoms with Crippen LogP contribution in [0.2, 0.25) is 0 Å². The molecular formula is C14H16N2O. The molecule has 17 heavy (non-hydrogen) atoms. The zero-order valence-electron chi connectivity index (χ0n) is 10.1. The van der Waals surface area contributed by atoms with Gasteiger partial charge in [-0.2, -0.15) is 0 Å². The molecule has 0 unspecified atom stereocenters. The Morgan fingerprint density at radius 1 is 1.24 bits per heavy atom. The number of hydrogen-bond acceptors (Lipinski definition) is 3. The van der Waals surface area contributed by atoms with Crippen molar-refractivity contribution in [1.82, 2.24) is 4.98 Å². The number of aromatic nitrogens is 1. The maximum absolute atomic E-state index is 5.19. The van der Waals surface area contributed by atoms with Gasteiger partial charge in [-0.3, -0.25) is 4.98 Å². The molecule has 1 aromatic heterocycles. The number of anilines is 1. The van der Waals surface area contributed by atoms with Crippen LogP contribution in [-0.2, 0) is 6.54 Å². The van der Waals surface area contributed by atoms with Crippen LogP contribution in [0.4, 0.5) is 5.69 Å². The predicted molar refractivity (Wildman–Crippen MR) is 69.3 cm³/mol. The fraction of sp³-hybridized carbons (Fsp3) is 0.214. The SMILES string of the molecule is COc1cccc(CNc2cncc(C)c2)c1. The molecule has 88 valence electrons. The van der Waals surface area contributed by atoms with Crippen molar-refractivity contribution in [2.75, 3.05) is 12.4 Å². The van der Waals surface area contributed by atoms with E-state index >= 15 is 0 Å². The minimum absolute atomic E-state index is 0.766. The van der Waals surface area contributed by atoms with Crippen LogP contribution in [0.25, 0.3) is 0 Å². The van der Waals surface area contributed by atoms with Crippen molar-refractivity contribution in [1.29, 1.82) is 0 Å². The highest BCUT2D eigenvalue weighted by molar-refractivity contribution is 5.43. The molecule has 0 aliphatic carbocycles. The summed E-state index contributed by atoms with van der Waals surface area (Å²) >= 11 is 0. The van der Waals surface area contributed by atoms with Gasteiger partial charge in [-0.15, -0.1) is 0 Å². The first kappa shape index (κ1) is 11.5. The van der Waals surface area contributed by atoms with Crippen molar-refractivity contribution in [3.8, 4) is 5.75 Å². The minimum atomic E-state index is 0.766. The van der Waals surface area contributed by atoms with Gasteiger partial charge in [0.1, 0.15) is 5.75 Å². The molecule has 0 bridgehead atoms. The minimum Gasteiger partial charge on any atom is -0.497 e. The normalized spacial score (nSPS) is 10.0. The quantitative estimate of drug-likeness (QED) is 0.873. The number of aryl methyl sites for hydroxylation is 1. The second kappa shape index (κ2) is 5.34. The van der Waals surface area contributed by atoms with E-state index in [9.17, 15) is 0 Å². The Kier molecular flexibility index (Phi) is 3.60. The number of nitrogens with one attached hydrogen (secondary N) is 1. The van der Waals surface area contributed by atoms with Gasteiger partial charge in [0.25, 0.3) is 0 Å². The number of rotatable bonds is 4. The van der Waals surface area contributed by atoms with Crippen LogP contribution in [0, 0.1) is 6.92 Å². The van der Waals surface area contributed by atoms with Crippen LogP contribution in [0.3, 0.4) is 0 Å². The maximum atomic E-state index is 5.19. The Labute approximate surface area is 101 Å². The van der Waals surface area contributed by atoms with E-state index in [1.807, 2.05) is 37.5 Å². The van der Waals surface area contributed by atoms with Crippen molar-refractivity contribution in [2.45, 2.75) is 13.5 Å². The summed E-state index contributed by atoms with van der Waals surface area (Å²) in [7, 11) is 1.68. The fourth-order valence-electron chi connectivity index (χ4n) is 1.64. The molecule has 3 heteroatoms. The number of pyridine rings is 1. The largest absolute Gasteiger partial charge is 0.497 e. The van der Waals surface area contributed by atoms with Crippen LogP contribution in [-0.4, -0.2) is 12.1 Å². The molecule has 0 fully saturated rings. The monoisotopic (exact) mass is 228 g/mol. The third-order valence-electron chi connectivity index (χ3n) is 2.51. The molecule has 1 N–H and O–H groups in total. The molecule has 0 atom stereocenters. The number of benzene rings is 1. The maximum Gasteiger partial charge on any atom is 0.119 e. The van der Waals surface area contributed by atoms with Gasteiger partial charge >= 0.3 is 0 Å². The Balaban J connectivity index is 2.02. The molecule has 0 aliphatic heterocycles. The second-order valence-corrected chi connectivity index (χ2v) is 3.96. The highest BCUT2D eigenvalue weighted by Gasteiger charge is 1.97. The molecule has 0 spiro atoms. The van der Waals surface area contributed by atoms with E-state index in [0.717, 1.165) is 23.5 Å². The Bertz CT molecular complexity index is 497. The number of methoxy groups -OCH3 is 1. The summed E-state index contributed by atoms with van der Waals surface area (Å²) < 4.78 is 5.19. The zero-order chi connectivity index (χ0) is 12.1. The van der Waals surface area contributed by atoms with Crippen LogP contribution in [0.1, 0.15) is 11.1 Å². The first-order valence-corrected chi connectivity index (χ1v) is 5.56. The van der Waals surface area contributed by atoms with E-state index < -0.39 is 0 Å². The van der Waals surface area contributed by atoms with Crippen molar-refractivity contribution >= 4 is 5.69 Å². The summed E-state index contributed by atoms with van der Waals surface area (Å²) in [4.78, 5) is 4.14. The summed E-state index contributed by atoms with van der Waals surface area (Å²) in [6.45, 7) is 2.80. The summed E-state index contributed by atoms with van der Waals surface area (Å²) in [5, 5.41) is 3.34. The Morgan fingerprint density at radius 2 is 2.12 bits per heavy atom. The lowest BCUT2D eigenvalue weighted by Gasteiger charge is -2.08. The van der Waals surface area contributed by atoms with Crippen LogP contribution in [0.15, 0.2) is 42.7 Å². The standard InChI is InChI=1S/C14H16N2O/c1-11-6-13(10-15-8-11)16-9-12-4-3-5-14(7-12)17-2/h3-8,10,16H,9H2,1-2H3. The molecule has 3 nitrogen and oxygen atoms in total. The lowest BCUT2D eigenvalue weighted by atomic mass is 10.2. The van der Waals surface area contributed by atoms with Crippen molar-refractivity contribution < 1.29 is 4.74 Å². The van der Waals surface area contributed by atoms with E-state index in [-0.39, 0.29) is 0 Å². The highest BCUT2D eigenvalue weighted by Crippen LogP contribution is 2.14. The summed E-state index contributed by atoms with van der Waals surface area (Å²) in [6.07, 6.45) is 3.67. The third-order valence-corrected chi connectivity index (χ3v) is 2.51. The van der Waals surface area contributed by atoms with Crippen molar-refractivity contribution in [3.63, 3.8) is 0 Å². The average molecular weight is 228 g/mol. The van der Waals surface area contributed by atoms with E-state index in [4.69, 9.17) is 4.74 Å². The summed E-state index contributed by atoms with van der Waals surface area (Å²) in [6, 6.07) is 10.1. The summed E-state index contributed by atoms with van der Waals surface area (Å²) in [5.41, 5.74) is 3.37. The van der Waals surface area contributed by atoms with Gasteiger partial charge in [-0.1, -0.05) is 12.1 Å². The second-order valence-electron chi connectivity index (χ2n) is 3.96. The highest BCUT2D eigenvalue weighted by atomic mass is 16.5. The topological polar surface area (TPSA) is 34.1 Å². The van der Waals surface area contributed by atoms with Gasteiger partial charge in [-0.25, -0.2) is 0 Å². The molecule has 2 aromatic rings. The fourth-order valence-corrected chi connectivity index (χ4v) is 1.64. The molecule has 0 saturated carbocycles. The lowest BCUT2D eigenvalue weighted by molar-refractivity contribution is 0.414. The molecule has 0 radical (unpaired) electrons. The molecule has 0 saturated heterocycles. The molecular weight excluding hydrogens is 212 g/mol. The molecule has 1 aromatic carbocycles. The van der Waals surface area contributed by atoms with E-state index in [1.54, 1.807) is 7.11 Å². The van der Waals surface area contributed by atoms with Crippen molar-refractivity contribution in [2.24, 2.45) is 0 Å².